The normalized spacial score (nSPS) is 11.4. The van der Waals surface area contributed by atoms with Crippen molar-refractivity contribution >= 4 is 16.2 Å². The minimum Gasteiger partial charge on any atom is -0.496 e. The van der Waals surface area contributed by atoms with Gasteiger partial charge in [0.1, 0.15) is 11.5 Å². The van der Waals surface area contributed by atoms with Crippen LogP contribution < -0.4 is 9.47 Å². The van der Waals surface area contributed by atoms with Gasteiger partial charge in [0.15, 0.2) is 0 Å². The Bertz CT molecular complexity index is 1130. The van der Waals surface area contributed by atoms with Crippen molar-refractivity contribution in [1.29, 1.82) is 0 Å². The number of para-hydroxylation sites is 2. The van der Waals surface area contributed by atoms with Crippen LogP contribution in [-0.4, -0.2) is 33.3 Å². The number of benzene rings is 3. The van der Waals surface area contributed by atoms with E-state index in [1.165, 1.54) is 6.21 Å². The summed E-state index contributed by atoms with van der Waals surface area (Å²) >= 11 is 0. The third kappa shape index (κ3) is 4.80. The van der Waals surface area contributed by atoms with Crippen LogP contribution in [-0.2, 0) is 16.6 Å². The molecule has 0 aliphatic heterocycles. The molecule has 0 unspecified atom stereocenters. The van der Waals surface area contributed by atoms with E-state index >= 15 is 0 Å². The van der Waals surface area contributed by atoms with Crippen molar-refractivity contribution in [3.63, 3.8) is 0 Å². The Labute approximate surface area is 177 Å². The van der Waals surface area contributed by atoms with Crippen LogP contribution in [0, 0.1) is 6.92 Å². The van der Waals surface area contributed by atoms with Gasteiger partial charge >= 0.3 is 0 Å². The molecular weight excluding hydrogens is 400 g/mol. The van der Waals surface area contributed by atoms with Crippen molar-refractivity contribution in [2.75, 3.05) is 14.2 Å². The van der Waals surface area contributed by atoms with Gasteiger partial charge in [0.05, 0.1) is 31.9 Å². The maximum absolute atomic E-state index is 13.4. The number of sulfonamides is 1. The van der Waals surface area contributed by atoms with Crippen LogP contribution in [0.5, 0.6) is 11.5 Å². The fourth-order valence-corrected chi connectivity index (χ4v) is 4.10. The second-order valence-electron chi connectivity index (χ2n) is 6.60. The molecule has 0 heterocycles. The molecule has 7 heteroatoms. The molecule has 0 atom stereocenters. The van der Waals surface area contributed by atoms with Crippen molar-refractivity contribution in [3.8, 4) is 11.5 Å². The molecule has 0 aliphatic carbocycles. The van der Waals surface area contributed by atoms with Crippen LogP contribution in [0.4, 0.5) is 0 Å². The average molecular weight is 425 g/mol. The highest BCUT2D eigenvalue weighted by atomic mass is 32.2. The first-order valence-corrected chi connectivity index (χ1v) is 10.8. The Morgan fingerprint density at radius 1 is 0.867 bits per heavy atom. The summed E-state index contributed by atoms with van der Waals surface area (Å²) in [5, 5.41) is 4.33. The second kappa shape index (κ2) is 9.45. The Morgan fingerprint density at radius 3 is 2.13 bits per heavy atom. The summed E-state index contributed by atoms with van der Waals surface area (Å²) in [4.78, 5) is 0.167. The maximum Gasteiger partial charge on any atom is 0.279 e. The highest BCUT2D eigenvalue weighted by Crippen LogP contribution is 2.25. The minimum atomic E-state index is -3.89. The van der Waals surface area contributed by atoms with Gasteiger partial charge in [-0.15, -0.1) is 0 Å². The van der Waals surface area contributed by atoms with Crippen LogP contribution in [0.2, 0.25) is 0 Å². The number of nitrogens with zero attached hydrogens (tertiary/aromatic N) is 2. The molecule has 0 amide bonds. The zero-order valence-electron chi connectivity index (χ0n) is 17.1. The van der Waals surface area contributed by atoms with Crippen LogP contribution in [0.15, 0.2) is 82.8 Å². The quantitative estimate of drug-likeness (QED) is 0.401. The first kappa shape index (κ1) is 21.4. The van der Waals surface area contributed by atoms with E-state index in [4.69, 9.17) is 9.47 Å². The van der Waals surface area contributed by atoms with Gasteiger partial charge < -0.3 is 9.47 Å². The molecular formula is C23H24N2O4S. The second-order valence-corrected chi connectivity index (χ2v) is 8.44. The maximum atomic E-state index is 13.4. The van der Waals surface area contributed by atoms with Crippen molar-refractivity contribution < 1.29 is 17.9 Å². The van der Waals surface area contributed by atoms with Gasteiger partial charge in [-0.05, 0) is 37.3 Å². The lowest BCUT2D eigenvalue weighted by molar-refractivity contribution is 0.387. The minimum absolute atomic E-state index is 0.0197. The molecule has 0 fully saturated rings. The number of hydrogen-bond acceptors (Lipinski definition) is 5. The van der Waals surface area contributed by atoms with Crippen molar-refractivity contribution in [3.05, 3.63) is 89.5 Å². The van der Waals surface area contributed by atoms with Crippen LogP contribution in [0.3, 0.4) is 0 Å². The first-order chi connectivity index (χ1) is 14.5. The van der Waals surface area contributed by atoms with E-state index in [9.17, 15) is 8.42 Å². The van der Waals surface area contributed by atoms with Gasteiger partial charge in [0.2, 0.25) is 0 Å². The van der Waals surface area contributed by atoms with Crippen molar-refractivity contribution in [2.24, 2.45) is 5.10 Å². The van der Waals surface area contributed by atoms with Gasteiger partial charge in [-0.25, -0.2) is 0 Å². The van der Waals surface area contributed by atoms with Gasteiger partial charge in [-0.2, -0.15) is 17.9 Å². The molecule has 0 aromatic heterocycles. The van der Waals surface area contributed by atoms with Crippen LogP contribution in [0.1, 0.15) is 16.7 Å². The molecule has 156 valence electrons. The van der Waals surface area contributed by atoms with Gasteiger partial charge in [0.25, 0.3) is 10.0 Å². The fourth-order valence-electron chi connectivity index (χ4n) is 2.90. The zero-order valence-corrected chi connectivity index (χ0v) is 18.0. The molecule has 0 N–H and O–H groups in total. The number of methoxy groups -OCH3 is 2. The highest BCUT2D eigenvalue weighted by Gasteiger charge is 2.24. The smallest absolute Gasteiger partial charge is 0.279 e. The van der Waals surface area contributed by atoms with Crippen molar-refractivity contribution in [2.45, 2.75) is 18.4 Å². The molecule has 0 aliphatic rings. The molecule has 3 aromatic rings. The number of hydrogen-bond donors (Lipinski definition) is 0. The van der Waals surface area contributed by atoms with Crippen LogP contribution in [0.25, 0.3) is 0 Å². The largest absolute Gasteiger partial charge is 0.496 e. The summed E-state index contributed by atoms with van der Waals surface area (Å²) in [6.07, 6.45) is 1.49. The first-order valence-electron chi connectivity index (χ1n) is 9.34. The molecule has 30 heavy (non-hydrogen) atoms. The molecule has 0 saturated heterocycles. The molecule has 0 spiro atoms. The lowest BCUT2D eigenvalue weighted by atomic mass is 10.2. The SMILES string of the molecule is COc1ccccc1/C=N/N(Cc1ccccc1OC)S(=O)(=O)c1ccc(C)cc1. The van der Waals surface area contributed by atoms with E-state index < -0.39 is 10.0 Å². The summed E-state index contributed by atoms with van der Waals surface area (Å²) < 4.78 is 38.5. The van der Waals surface area contributed by atoms with Gasteiger partial charge in [-0.3, -0.25) is 0 Å². The summed E-state index contributed by atoms with van der Waals surface area (Å²) in [6.45, 7) is 1.93. The lowest BCUT2D eigenvalue weighted by Gasteiger charge is -2.20. The number of hydrazone groups is 1. The van der Waals surface area contributed by atoms with E-state index in [1.54, 1.807) is 50.6 Å². The van der Waals surface area contributed by atoms with E-state index in [-0.39, 0.29) is 11.4 Å². The summed E-state index contributed by atoms with van der Waals surface area (Å²) in [5.41, 5.74) is 2.35. The Balaban J connectivity index is 2.04. The monoisotopic (exact) mass is 424 g/mol. The molecule has 3 rings (SSSR count). The Hall–Kier alpha value is -3.32. The predicted octanol–water partition coefficient (Wildman–Crippen LogP) is 4.24. The predicted molar refractivity (Wildman–Crippen MR) is 117 cm³/mol. The lowest BCUT2D eigenvalue weighted by Crippen LogP contribution is -2.26. The fraction of sp³-hybridized carbons (Fsp3) is 0.174. The third-order valence-electron chi connectivity index (χ3n) is 4.56. The van der Waals surface area contributed by atoms with E-state index in [0.717, 1.165) is 9.98 Å². The molecule has 3 aromatic carbocycles. The number of aryl methyl sites for hydroxylation is 1. The number of ether oxygens (including phenoxy) is 2. The van der Waals surface area contributed by atoms with E-state index in [1.807, 2.05) is 43.3 Å². The van der Waals surface area contributed by atoms with E-state index in [2.05, 4.69) is 5.10 Å². The molecule has 0 bridgehead atoms. The van der Waals surface area contributed by atoms with E-state index in [0.29, 0.717) is 22.6 Å². The topological polar surface area (TPSA) is 68.2 Å². The van der Waals surface area contributed by atoms with Gasteiger partial charge in [0, 0.05) is 11.1 Å². The Morgan fingerprint density at radius 2 is 1.47 bits per heavy atom. The van der Waals surface area contributed by atoms with Crippen molar-refractivity contribution in [1.82, 2.24) is 4.41 Å². The molecule has 0 radical (unpaired) electrons. The number of rotatable bonds is 8. The van der Waals surface area contributed by atoms with Crippen LogP contribution >= 0.6 is 0 Å². The molecule has 0 saturated carbocycles. The highest BCUT2D eigenvalue weighted by molar-refractivity contribution is 7.89. The summed E-state index contributed by atoms with van der Waals surface area (Å²) in [5.74, 6) is 1.19. The zero-order chi connectivity index (χ0) is 21.6. The van der Waals surface area contributed by atoms with Gasteiger partial charge in [-0.1, -0.05) is 48.0 Å². The third-order valence-corrected chi connectivity index (χ3v) is 6.21. The summed E-state index contributed by atoms with van der Waals surface area (Å²) in [7, 11) is -0.782. The standard InChI is InChI=1S/C23H24N2O4S/c1-18-12-14-21(15-13-18)30(26,27)25(17-20-9-5-7-11-23(20)29-3)24-16-19-8-4-6-10-22(19)28-2/h4-16H,17H2,1-3H3/b24-16+. The summed E-state index contributed by atoms with van der Waals surface area (Å²) in [6, 6.07) is 21.2. The Kier molecular flexibility index (Phi) is 6.74. The average Bonchev–Trinajstić information content (AvgIpc) is 2.77. The molecule has 6 nitrogen and oxygen atoms in total.